The molecule has 1 aliphatic carbocycles. The molecule has 2 aromatic carbocycles. The third-order valence-electron chi connectivity index (χ3n) is 4.19. The lowest BCUT2D eigenvalue weighted by Gasteiger charge is -2.18. The molecule has 0 heterocycles. The van der Waals surface area contributed by atoms with Crippen LogP contribution in [0.4, 0.5) is 0 Å². The predicted molar refractivity (Wildman–Crippen MR) is 81.0 cm³/mol. The molecule has 0 aliphatic heterocycles. The molecular formula is C18H19NO. The summed E-state index contributed by atoms with van der Waals surface area (Å²) in [6, 6.07) is 16.2. The molecule has 3 rings (SSSR count). The topological polar surface area (TPSA) is 29.1 Å². The van der Waals surface area contributed by atoms with Crippen LogP contribution in [0.5, 0.6) is 0 Å². The molecule has 2 nitrogen and oxygen atoms in total. The first-order valence-corrected chi connectivity index (χ1v) is 7.10. The summed E-state index contributed by atoms with van der Waals surface area (Å²) >= 11 is 0. The maximum absolute atomic E-state index is 12.3. The Morgan fingerprint density at radius 1 is 1.15 bits per heavy atom. The number of benzene rings is 2. The number of carbonyl (C=O) groups is 1. The van der Waals surface area contributed by atoms with Crippen molar-refractivity contribution in [1.29, 1.82) is 0 Å². The molecule has 0 spiro atoms. The minimum atomic E-state index is 0.0204. The molecule has 0 saturated carbocycles. The van der Waals surface area contributed by atoms with Crippen LogP contribution in [0, 0.1) is 6.92 Å². The van der Waals surface area contributed by atoms with Gasteiger partial charge in [-0.2, -0.15) is 0 Å². The number of hydrogen-bond acceptors (Lipinski definition) is 1. The van der Waals surface area contributed by atoms with Crippen LogP contribution in [-0.4, -0.2) is 11.9 Å². The predicted octanol–water partition coefficient (Wildman–Crippen LogP) is 3.45. The fourth-order valence-electron chi connectivity index (χ4n) is 2.97. The summed E-state index contributed by atoms with van der Waals surface area (Å²) in [5.41, 5.74) is 4.75. The van der Waals surface area contributed by atoms with Gasteiger partial charge in [0.25, 0.3) is 5.91 Å². The van der Waals surface area contributed by atoms with Gasteiger partial charge in [0, 0.05) is 17.5 Å². The molecule has 2 unspecified atom stereocenters. The molecule has 2 aromatic rings. The Labute approximate surface area is 119 Å². The van der Waals surface area contributed by atoms with Crippen LogP contribution in [0.3, 0.4) is 0 Å². The van der Waals surface area contributed by atoms with Crippen molar-refractivity contribution in [3.8, 4) is 0 Å². The molecule has 1 amide bonds. The van der Waals surface area contributed by atoms with Gasteiger partial charge in [-0.1, -0.05) is 48.9 Å². The maximum Gasteiger partial charge on any atom is 0.251 e. The molecule has 102 valence electrons. The van der Waals surface area contributed by atoms with Gasteiger partial charge in [-0.3, -0.25) is 4.79 Å². The third-order valence-corrected chi connectivity index (χ3v) is 4.19. The second-order valence-electron chi connectivity index (χ2n) is 5.64. The van der Waals surface area contributed by atoms with Crippen molar-refractivity contribution < 1.29 is 4.79 Å². The quantitative estimate of drug-likeness (QED) is 0.885. The molecule has 0 saturated heterocycles. The first-order chi connectivity index (χ1) is 9.65. The Balaban J connectivity index is 1.76. The van der Waals surface area contributed by atoms with E-state index in [0.717, 1.165) is 12.0 Å². The molecule has 2 atom stereocenters. The Kier molecular flexibility index (Phi) is 3.31. The SMILES string of the molecule is Cc1ccc2c(c1)C(C)C(NC(=O)c1ccccc1)C2. The van der Waals surface area contributed by atoms with Crippen LogP contribution in [0.2, 0.25) is 0 Å². The molecule has 0 radical (unpaired) electrons. The Bertz CT molecular complexity index is 633. The smallest absolute Gasteiger partial charge is 0.251 e. The van der Waals surface area contributed by atoms with Crippen molar-refractivity contribution >= 4 is 5.91 Å². The molecule has 0 aromatic heterocycles. The van der Waals surface area contributed by atoms with E-state index in [-0.39, 0.29) is 11.9 Å². The maximum atomic E-state index is 12.3. The van der Waals surface area contributed by atoms with E-state index >= 15 is 0 Å². The van der Waals surface area contributed by atoms with Crippen LogP contribution >= 0.6 is 0 Å². The third kappa shape index (κ3) is 2.34. The second-order valence-corrected chi connectivity index (χ2v) is 5.64. The van der Waals surface area contributed by atoms with Crippen molar-refractivity contribution in [2.24, 2.45) is 0 Å². The molecule has 20 heavy (non-hydrogen) atoms. The monoisotopic (exact) mass is 265 g/mol. The zero-order valence-corrected chi connectivity index (χ0v) is 11.9. The van der Waals surface area contributed by atoms with E-state index in [4.69, 9.17) is 0 Å². The van der Waals surface area contributed by atoms with E-state index in [0.29, 0.717) is 5.92 Å². The number of aryl methyl sites for hydroxylation is 1. The van der Waals surface area contributed by atoms with E-state index in [1.807, 2.05) is 30.3 Å². The highest BCUT2D eigenvalue weighted by molar-refractivity contribution is 5.94. The normalized spacial score (nSPS) is 20.5. The summed E-state index contributed by atoms with van der Waals surface area (Å²) in [5.74, 6) is 0.393. The second kappa shape index (κ2) is 5.12. The summed E-state index contributed by atoms with van der Waals surface area (Å²) in [4.78, 5) is 12.3. The van der Waals surface area contributed by atoms with Gasteiger partial charge in [0.1, 0.15) is 0 Å². The molecule has 1 aliphatic rings. The van der Waals surface area contributed by atoms with E-state index in [9.17, 15) is 4.79 Å². The summed E-state index contributed by atoms with van der Waals surface area (Å²) in [6.45, 7) is 4.31. The van der Waals surface area contributed by atoms with Crippen molar-refractivity contribution in [2.45, 2.75) is 32.2 Å². The highest BCUT2D eigenvalue weighted by atomic mass is 16.1. The Morgan fingerprint density at radius 3 is 2.65 bits per heavy atom. The molecule has 0 bridgehead atoms. The fourth-order valence-corrected chi connectivity index (χ4v) is 2.97. The van der Waals surface area contributed by atoms with E-state index in [2.05, 4.69) is 37.4 Å². The van der Waals surface area contributed by atoms with Gasteiger partial charge in [0.2, 0.25) is 0 Å². The average Bonchev–Trinajstić information content (AvgIpc) is 2.76. The van der Waals surface area contributed by atoms with E-state index in [1.54, 1.807) is 0 Å². The van der Waals surface area contributed by atoms with Crippen LogP contribution in [-0.2, 0) is 6.42 Å². The highest BCUT2D eigenvalue weighted by Crippen LogP contribution is 2.33. The summed E-state index contributed by atoms with van der Waals surface area (Å²) in [7, 11) is 0. The molecule has 0 fully saturated rings. The zero-order chi connectivity index (χ0) is 14.1. The van der Waals surface area contributed by atoms with Gasteiger partial charge in [0.05, 0.1) is 0 Å². The van der Waals surface area contributed by atoms with Gasteiger partial charge in [-0.15, -0.1) is 0 Å². The van der Waals surface area contributed by atoms with Gasteiger partial charge < -0.3 is 5.32 Å². The largest absolute Gasteiger partial charge is 0.348 e. The molecule has 1 N–H and O–H groups in total. The van der Waals surface area contributed by atoms with Crippen LogP contribution in [0.25, 0.3) is 0 Å². The van der Waals surface area contributed by atoms with Gasteiger partial charge in [0.15, 0.2) is 0 Å². The van der Waals surface area contributed by atoms with Crippen molar-refractivity contribution in [2.75, 3.05) is 0 Å². The first kappa shape index (κ1) is 12.9. The van der Waals surface area contributed by atoms with E-state index < -0.39 is 0 Å². The Hall–Kier alpha value is -2.09. The fraction of sp³-hybridized carbons (Fsp3) is 0.278. The van der Waals surface area contributed by atoms with Crippen molar-refractivity contribution in [3.63, 3.8) is 0 Å². The molecule has 2 heteroatoms. The minimum absolute atomic E-state index is 0.0204. The number of fused-ring (bicyclic) bond motifs is 1. The lowest BCUT2D eigenvalue weighted by atomic mass is 9.99. The van der Waals surface area contributed by atoms with Crippen LogP contribution in [0.1, 0.15) is 39.9 Å². The lowest BCUT2D eigenvalue weighted by Crippen LogP contribution is -2.36. The van der Waals surface area contributed by atoms with Crippen molar-refractivity contribution in [3.05, 3.63) is 70.8 Å². The number of rotatable bonds is 2. The highest BCUT2D eigenvalue weighted by Gasteiger charge is 2.30. The lowest BCUT2D eigenvalue weighted by molar-refractivity contribution is 0.0934. The Morgan fingerprint density at radius 2 is 1.90 bits per heavy atom. The number of amides is 1. The standard InChI is InChI=1S/C18H19NO/c1-12-8-9-15-11-17(13(2)16(15)10-12)19-18(20)14-6-4-3-5-7-14/h3-10,13,17H,11H2,1-2H3,(H,19,20). The number of carbonyl (C=O) groups excluding carboxylic acids is 1. The zero-order valence-electron chi connectivity index (χ0n) is 11.9. The van der Waals surface area contributed by atoms with Gasteiger partial charge >= 0.3 is 0 Å². The number of hydrogen-bond donors (Lipinski definition) is 1. The van der Waals surface area contributed by atoms with E-state index in [1.165, 1.54) is 16.7 Å². The van der Waals surface area contributed by atoms with Crippen LogP contribution in [0.15, 0.2) is 48.5 Å². The van der Waals surface area contributed by atoms with Gasteiger partial charge in [-0.05, 0) is 36.6 Å². The first-order valence-electron chi connectivity index (χ1n) is 7.10. The average molecular weight is 265 g/mol. The summed E-state index contributed by atoms with van der Waals surface area (Å²) in [6.07, 6.45) is 0.926. The number of nitrogens with one attached hydrogen (secondary N) is 1. The summed E-state index contributed by atoms with van der Waals surface area (Å²) < 4.78 is 0. The van der Waals surface area contributed by atoms with Crippen molar-refractivity contribution in [1.82, 2.24) is 5.32 Å². The van der Waals surface area contributed by atoms with Gasteiger partial charge in [-0.25, -0.2) is 0 Å². The summed E-state index contributed by atoms with van der Waals surface area (Å²) in [5, 5.41) is 3.17. The van der Waals surface area contributed by atoms with Crippen LogP contribution < -0.4 is 5.32 Å². The molecular weight excluding hydrogens is 246 g/mol. The minimum Gasteiger partial charge on any atom is -0.348 e.